The van der Waals surface area contributed by atoms with Crippen molar-refractivity contribution in [1.82, 2.24) is 19.9 Å². The highest BCUT2D eigenvalue weighted by Crippen LogP contribution is 2.43. The summed E-state index contributed by atoms with van der Waals surface area (Å²) in [7, 11) is 0. The van der Waals surface area contributed by atoms with Gasteiger partial charge in [-0.05, 0) is 58.3 Å². The third kappa shape index (κ3) is 4.38. The fraction of sp³-hybridized carbons (Fsp3) is 0. The van der Waals surface area contributed by atoms with Gasteiger partial charge in [-0.25, -0.2) is 15.0 Å². The Hall–Kier alpha value is -7.18. The Bertz CT molecular complexity index is 3200. The molecule has 242 valence electrons. The van der Waals surface area contributed by atoms with Crippen molar-refractivity contribution >= 4 is 65.6 Å². The van der Waals surface area contributed by atoms with E-state index in [0.29, 0.717) is 17.5 Å². The highest BCUT2D eigenvalue weighted by Gasteiger charge is 2.21. The molecule has 6 heteroatoms. The highest BCUT2D eigenvalue weighted by molar-refractivity contribution is 6.18. The Balaban J connectivity index is 1.15. The van der Waals surface area contributed by atoms with Gasteiger partial charge in [-0.1, -0.05) is 109 Å². The molecular weight excluding hydrogens is 641 g/mol. The monoisotopic (exact) mass is 666 g/mol. The molecule has 11 rings (SSSR count). The van der Waals surface area contributed by atoms with Gasteiger partial charge in [-0.3, -0.25) is 4.98 Å². The summed E-state index contributed by atoms with van der Waals surface area (Å²) in [4.78, 5) is 20.0. The number of benzene rings is 7. The molecule has 0 aliphatic heterocycles. The molecule has 0 amide bonds. The van der Waals surface area contributed by atoms with Gasteiger partial charge in [0.15, 0.2) is 17.5 Å². The second kappa shape index (κ2) is 11.2. The maximum Gasteiger partial charge on any atom is 0.164 e. The highest BCUT2D eigenvalue weighted by atomic mass is 16.3. The third-order valence-electron chi connectivity index (χ3n) is 9.99. The Morgan fingerprint density at radius 1 is 0.365 bits per heavy atom. The predicted molar refractivity (Wildman–Crippen MR) is 209 cm³/mol. The minimum Gasteiger partial charge on any atom is -0.456 e. The van der Waals surface area contributed by atoms with Gasteiger partial charge in [0.05, 0.1) is 5.52 Å². The first-order valence-electron chi connectivity index (χ1n) is 17.2. The quantitative estimate of drug-likeness (QED) is 0.186. The van der Waals surface area contributed by atoms with E-state index in [-0.39, 0.29) is 0 Å². The minimum atomic E-state index is 0.588. The van der Waals surface area contributed by atoms with Crippen LogP contribution in [0.5, 0.6) is 0 Å². The molecule has 0 atom stereocenters. The number of para-hydroxylation sites is 1. The van der Waals surface area contributed by atoms with E-state index in [4.69, 9.17) is 23.8 Å². The summed E-state index contributed by atoms with van der Waals surface area (Å²) in [5.41, 5.74) is 9.13. The summed E-state index contributed by atoms with van der Waals surface area (Å²) in [6, 6.07) is 51.6. The molecule has 4 heterocycles. The zero-order valence-electron chi connectivity index (χ0n) is 27.6. The van der Waals surface area contributed by atoms with Gasteiger partial charge in [0, 0.05) is 55.9 Å². The Labute approximate surface area is 296 Å². The molecule has 0 bridgehead atoms. The second-order valence-corrected chi connectivity index (χ2v) is 13.0. The average Bonchev–Trinajstić information content (AvgIpc) is 3.78. The molecule has 4 aromatic heterocycles. The van der Waals surface area contributed by atoms with Crippen molar-refractivity contribution in [2.24, 2.45) is 0 Å². The van der Waals surface area contributed by atoms with Crippen LogP contribution < -0.4 is 0 Å². The van der Waals surface area contributed by atoms with Crippen LogP contribution in [0.2, 0.25) is 0 Å². The van der Waals surface area contributed by atoms with Crippen LogP contribution in [0.15, 0.2) is 167 Å². The van der Waals surface area contributed by atoms with E-state index in [1.165, 1.54) is 0 Å². The van der Waals surface area contributed by atoms with E-state index < -0.39 is 0 Å². The topological polar surface area (TPSA) is 77.8 Å². The maximum absolute atomic E-state index is 6.42. The summed E-state index contributed by atoms with van der Waals surface area (Å²) in [6.07, 6.45) is 1.81. The molecule has 0 aliphatic rings. The Morgan fingerprint density at radius 2 is 0.981 bits per heavy atom. The van der Waals surface area contributed by atoms with E-state index in [1.807, 2.05) is 85.1 Å². The first-order valence-corrected chi connectivity index (χ1v) is 17.2. The van der Waals surface area contributed by atoms with Crippen LogP contribution in [0, 0.1) is 0 Å². The first kappa shape index (κ1) is 28.6. The first-order chi connectivity index (χ1) is 25.8. The lowest BCUT2D eigenvalue weighted by molar-refractivity contribution is 0.668. The molecule has 0 aliphatic carbocycles. The molecule has 0 N–H and O–H groups in total. The molecule has 6 nitrogen and oxygen atoms in total. The van der Waals surface area contributed by atoms with Crippen LogP contribution in [0.25, 0.3) is 111 Å². The lowest BCUT2D eigenvalue weighted by Gasteiger charge is -2.14. The summed E-state index contributed by atoms with van der Waals surface area (Å²) >= 11 is 0. The van der Waals surface area contributed by atoms with E-state index in [2.05, 4.69) is 77.8 Å². The summed E-state index contributed by atoms with van der Waals surface area (Å²) in [5.74, 6) is 1.79. The van der Waals surface area contributed by atoms with Gasteiger partial charge in [0.25, 0.3) is 0 Å². The molecule has 0 spiro atoms. The smallest absolute Gasteiger partial charge is 0.164 e. The van der Waals surface area contributed by atoms with Gasteiger partial charge in [-0.2, -0.15) is 0 Å². The zero-order valence-corrected chi connectivity index (χ0v) is 27.6. The average molecular weight is 667 g/mol. The fourth-order valence-corrected chi connectivity index (χ4v) is 7.64. The molecule has 52 heavy (non-hydrogen) atoms. The number of aromatic nitrogens is 4. The molecule has 0 unspecified atom stereocenters. The SMILES string of the molecule is c1ccc(-c2nc(-c3ccc(-c4cccc5oc6cc7ncccc7cc6c45)c4ccccc34)nc(-c3cccc4oc5ccccc5c34)n2)cc1. The van der Waals surface area contributed by atoms with E-state index in [1.54, 1.807) is 0 Å². The zero-order chi connectivity index (χ0) is 34.2. The lowest BCUT2D eigenvalue weighted by atomic mass is 9.92. The molecule has 0 saturated carbocycles. The van der Waals surface area contributed by atoms with Crippen molar-refractivity contribution in [1.29, 1.82) is 0 Å². The molecule has 0 fully saturated rings. The van der Waals surface area contributed by atoms with Crippen molar-refractivity contribution in [3.05, 3.63) is 158 Å². The molecule has 0 radical (unpaired) electrons. The van der Waals surface area contributed by atoms with Crippen LogP contribution in [-0.2, 0) is 0 Å². The van der Waals surface area contributed by atoms with Gasteiger partial charge < -0.3 is 8.83 Å². The summed E-state index contributed by atoms with van der Waals surface area (Å²) in [5, 5.41) is 7.37. The van der Waals surface area contributed by atoms with Crippen LogP contribution in [0.1, 0.15) is 0 Å². The van der Waals surface area contributed by atoms with Crippen molar-refractivity contribution in [3.8, 4) is 45.3 Å². The van der Waals surface area contributed by atoms with Crippen molar-refractivity contribution < 1.29 is 8.83 Å². The molecule has 0 saturated heterocycles. The van der Waals surface area contributed by atoms with E-state index in [9.17, 15) is 0 Å². The number of pyridine rings is 1. The van der Waals surface area contributed by atoms with Gasteiger partial charge in [-0.15, -0.1) is 0 Å². The summed E-state index contributed by atoms with van der Waals surface area (Å²) < 4.78 is 12.7. The van der Waals surface area contributed by atoms with Gasteiger partial charge >= 0.3 is 0 Å². The van der Waals surface area contributed by atoms with E-state index >= 15 is 0 Å². The normalized spacial score (nSPS) is 11.8. The third-order valence-corrected chi connectivity index (χ3v) is 9.99. The number of furan rings is 2. The fourth-order valence-electron chi connectivity index (χ4n) is 7.64. The number of nitrogens with zero attached hydrogens (tertiary/aromatic N) is 4. The van der Waals surface area contributed by atoms with E-state index in [0.717, 1.165) is 93.4 Å². The predicted octanol–water partition coefficient (Wildman–Crippen LogP) is 12.0. The van der Waals surface area contributed by atoms with Crippen molar-refractivity contribution in [2.75, 3.05) is 0 Å². The van der Waals surface area contributed by atoms with Crippen LogP contribution >= 0.6 is 0 Å². The van der Waals surface area contributed by atoms with Crippen LogP contribution in [-0.4, -0.2) is 19.9 Å². The van der Waals surface area contributed by atoms with Crippen molar-refractivity contribution in [2.45, 2.75) is 0 Å². The Morgan fingerprint density at radius 3 is 1.81 bits per heavy atom. The largest absolute Gasteiger partial charge is 0.456 e. The summed E-state index contributed by atoms with van der Waals surface area (Å²) in [6.45, 7) is 0. The Kier molecular flexibility index (Phi) is 6.15. The van der Waals surface area contributed by atoms with Crippen molar-refractivity contribution in [3.63, 3.8) is 0 Å². The second-order valence-electron chi connectivity index (χ2n) is 13.0. The van der Waals surface area contributed by atoms with Crippen LogP contribution in [0.4, 0.5) is 0 Å². The lowest BCUT2D eigenvalue weighted by Crippen LogP contribution is -2.01. The number of hydrogen-bond donors (Lipinski definition) is 0. The molecular formula is C46H26N4O2. The maximum atomic E-state index is 6.42. The standard InChI is InChI=1S/C46H26N4O2/c1-2-11-27(12-3-1)44-48-45(50-46(49-44)35-18-9-21-40-43(35)34-16-6-7-19-38(34)51-40)33-23-22-31(29-14-4-5-15-30(29)33)32-17-8-20-39-42(32)36-25-28-13-10-24-47-37(28)26-41(36)52-39/h1-26H. The minimum absolute atomic E-state index is 0.588. The number of fused-ring (bicyclic) bond motifs is 8. The van der Waals surface area contributed by atoms with Gasteiger partial charge in [0.1, 0.15) is 22.3 Å². The molecule has 11 aromatic rings. The number of hydrogen-bond acceptors (Lipinski definition) is 6. The molecule has 7 aromatic carbocycles. The van der Waals surface area contributed by atoms with Crippen LogP contribution in [0.3, 0.4) is 0 Å². The number of rotatable bonds is 4. The van der Waals surface area contributed by atoms with Gasteiger partial charge in [0.2, 0.25) is 0 Å².